The van der Waals surface area contributed by atoms with Crippen LogP contribution in [0.2, 0.25) is 0 Å². The molecule has 0 aromatic heterocycles. The monoisotopic (exact) mass is 209 g/mol. The number of fused-ring (bicyclic) bond motifs is 1. The molecule has 1 aliphatic carbocycles. The van der Waals surface area contributed by atoms with Crippen molar-refractivity contribution in [1.29, 1.82) is 0 Å². The third kappa shape index (κ3) is 3.21. The lowest BCUT2D eigenvalue weighted by atomic mass is 9.82. The normalized spacial score (nSPS) is 31.8. The van der Waals surface area contributed by atoms with Crippen LogP contribution in [0.25, 0.3) is 0 Å². The Morgan fingerprint density at radius 2 is 1.60 bits per heavy atom. The maximum Gasteiger partial charge on any atom is 0.00129 e. The summed E-state index contributed by atoms with van der Waals surface area (Å²) in [5.41, 5.74) is 0. The number of hydrogen-bond donors (Lipinski definition) is 0. The highest BCUT2D eigenvalue weighted by Crippen LogP contribution is 2.35. The van der Waals surface area contributed by atoms with Gasteiger partial charge in [-0.2, -0.15) is 0 Å². The maximum atomic E-state index is 2.75. The van der Waals surface area contributed by atoms with Gasteiger partial charge in [0.15, 0.2) is 0 Å². The lowest BCUT2D eigenvalue weighted by Crippen LogP contribution is -2.22. The van der Waals surface area contributed by atoms with Crippen molar-refractivity contribution in [3.8, 4) is 0 Å². The second-order valence-corrected chi connectivity index (χ2v) is 5.62. The highest BCUT2D eigenvalue weighted by molar-refractivity contribution is 4.86. The van der Waals surface area contributed by atoms with E-state index in [0.717, 1.165) is 11.8 Å². The van der Waals surface area contributed by atoms with Crippen molar-refractivity contribution in [1.82, 2.24) is 4.90 Å². The minimum atomic E-state index is 1.07. The smallest absolute Gasteiger partial charge is 0.00129 e. The highest BCUT2D eigenvalue weighted by Gasteiger charge is 2.33. The molecule has 1 heteroatoms. The van der Waals surface area contributed by atoms with Crippen LogP contribution in [0.4, 0.5) is 0 Å². The first-order valence-corrected chi connectivity index (χ1v) is 7.12. The van der Waals surface area contributed by atoms with E-state index in [1.807, 2.05) is 0 Å². The van der Waals surface area contributed by atoms with E-state index in [-0.39, 0.29) is 0 Å². The summed E-state index contributed by atoms with van der Waals surface area (Å²) in [5.74, 6) is 2.15. The average molecular weight is 209 g/mol. The zero-order valence-electron chi connectivity index (χ0n) is 10.4. The molecule has 2 atom stereocenters. The number of unbranched alkanes of at least 4 members (excludes halogenated alkanes) is 3. The predicted octanol–water partition coefficient (Wildman–Crippen LogP) is 3.69. The van der Waals surface area contributed by atoms with E-state index in [1.54, 1.807) is 0 Å². The van der Waals surface area contributed by atoms with Gasteiger partial charge in [-0.05, 0) is 37.6 Å². The number of rotatable bonds is 5. The van der Waals surface area contributed by atoms with Gasteiger partial charge in [0.25, 0.3) is 0 Å². The Balaban J connectivity index is 1.63. The summed E-state index contributed by atoms with van der Waals surface area (Å²) < 4.78 is 0. The first-order chi connectivity index (χ1) is 7.40. The third-order valence-electron chi connectivity index (χ3n) is 4.38. The van der Waals surface area contributed by atoms with Crippen molar-refractivity contribution in [2.45, 2.75) is 58.3 Å². The number of likely N-dealkylation sites (tertiary alicyclic amines) is 1. The van der Waals surface area contributed by atoms with E-state index < -0.39 is 0 Å². The Kier molecular flexibility index (Phi) is 4.49. The van der Waals surface area contributed by atoms with Crippen LogP contribution in [0.3, 0.4) is 0 Å². The third-order valence-corrected chi connectivity index (χ3v) is 4.38. The molecular formula is C14H27N. The second-order valence-electron chi connectivity index (χ2n) is 5.62. The molecule has 15 heavy (non-hydrogen) atoms. The van der Waals surface area contributed by atoms with E-state index in [0.29, 0.717) is 0 Å². The predicted molar refractivity (Wildman–Crippen MR) is 66.0 cm³/mol. The fraction of sp³-hybridized carbons (Fsp3) is 1.00. The zero-order chi connectivity index (χ0) is 10.5. The molecule has 1 heterocycles. The molecule has 2 aliphatic rings. The zero-order valence-corrected chi connectivity index (χ0v) is 10.4. The number of nitrogens with zero attached hydrogens (tertiary/aromatic N) is 1. The number of hydrogen-bond acceptors (Lipinski definition) is 1. The summed E-state index contributed by atoms with van der Waals surface area (Å²) in [4.78, 5) is 2.75. The summed E-state index contributed by atoms with van der Waals surface area (Å²) in [6, 6.07) is 0. The molecule has 0 unspecified atom stereocenters. The van der Waals surface area contributed by atoms with Crippen molar-refractivity contribution in [3.63, 3.8) is 0 Å². The second kappa shape index (κ2) is 5.89. The molecule has 1 saturated heterocycles. The Hall–Kier alpha value is -0.0400. The molecule has 0 N–H and O–H groups in total. The average Bonchev–Trinajstić information content (AvgIpc) is 2.67. The van der Waals surface area contributed by atoms with Crippen molar-refractivity contribution in [2.24, 2.45) is 11.8 Å². The summed E-state index contributed by atoms with van der Waals surface area (Å²) in [5, 5.41) is 0. The van der Waals surface area contributed by atoms with E-state index in [4.69, 9.17) is 0 Å². The van der Waals surface area contributed by atoms with E-state index >= 15 is 0 Å². The van der Waals surface area contributed by atoms with Crippen LogP contribution in [0.5, 0.6) is 0 Å². The molecular weight excluding hydrogens is 182 g/mol. The summed E-state index contributed by atoms with van der Waals surface area (Å²) in [7, 11) is 0. The fourth-order valence-electron chi connectivity index (χ4n) is 3.45. The minimum Gasteiger partial charge on any atom is -0.303 e. The molecule has 88 valence electrons. The van der Waals surface area contributed by atoms with Crippen LogP contribution in [0.15, 0.2) is 0 Å². The SMILES string of the molecule is CCCCCCN1C[C@@H]2CCCC[C@H]2C1. The molecule has 0 aromatic rings. The molecule has 1 saturated carbocycles. The van der Waals surface area contributed by atoms with Gasteiger partial charge < -0.3 is 4.90 Å². The molecule has 0 amide bonds. The van der Waals surface area contributed by atoms with Crippen molar-refractivity contribution < 1.29 is 0 Å². The van der Waals surface area contributed by atoms with E-state index in [9.17, 15) is 0 Å². The van der Waals surface area contributed by atoms with Gasteiger partial charge in [0, 0.05) is 13.1 Å². The molecule has 1 aliphatic heterocycles. The Morgan fingerprint density at radius 1 is 0.933 bits per heavy atom. The lowest BCUT2D eigenvalue weighted by molar-refractivity contribution is 0.299. The van der Waals surface area contributed by atoms with Crippen molar-refractivity contribution in [2.75, 3.05) is 19.6 Å². The van der Waals surface area contributed by atoms with Gasteiger partial charge in [0.2, 0.25) is 0 Å². The van der Waals surface area contributed by atoms with Crippen LogP contribution in [0.1, 0.15) is 58.3 Å². The van der Waals surface area contributed by atoms with Crippen LogP contribution >= 0.6 is 0 Å². The van der Waals surface area contributed by atoms with Gasteiger partial charge >= 0.3 is 0 Å². The topological polar surface area (TPSA) is 3.24 Å². The first-order valence-electron chi connectivity index (χ1n) is 7.12. The Bertz CT molecular complexity index is 164. The molecule has 0 aromatic carbocycles. The van der Waals surface area contributed by atoms with Crippen LogP contribution in [0, 0.1) is 11.8 Å². The molecule has 2 rings (SSSR count). The summed E-state index contributed by atoms with van der Waals surface area (Å²) in [6.07, 6.45) is 11.7. The van der Waals surface area contributed by atoms with Crippen LogP contribution in [-0.4, -0.2) is 24.5 Å². The first kappa shape index (κ1) is 11.4. The molecule has 0 spiro atoms. The van der Waals surface area contributed by atoms with Gasteiger partial charge in [0.1, 0.15) is 0 Å². The van der Waals surface area contributed by atoms with Crippen LogP contribution in [-0.2, 0) is 0 Å². The van der Waals surface area contributed by atoms with Crippen molar-refractivity contribution >= 4 is 0 Å². The molecule has 0 bridgehead atoms. The minimum absolute atomic E-state index is 1.07. The Morgan fingerprint density at radius 3 is 2.20 bits per heavy atom. The van der Waals surface area contributed by atoms with Gasteiger partial charge in [-0.1, -0.05) is 39.0 Å². The Labute approximate surface area is 95.2 Å². The van der Waals surface area contributed by atoms with Gasteiger partial charge in [-0.25, -0.2) is 0 Å². The van der Waals surface area contributed by atoms with Crippen molar-refractivity contribution in [3.05, 3.63) is 0 Å². The summed E-state index contributed by atoms with van der Waals surface area (Å²) in [6.45, 7) is 6.53. The largest absolute Gasteiger partial charge is 0.303 e. The van der Waals surface area contributed by atoms with E-state index in [2.05, 4.69) is 11.8 Å². The standard InChI is InChI=1S/C14H27N/c1-2-3-4-7-10-15-11-13-8-5-6-9-14(13)12-15/h13-14H,2-12H2,1H3/t13-,14-/m0/s1. The quantitative estimate of drug-likeness (QED) is 0.624. The van der Waals surface area contributed by atoms with Gasteiger partial charge in [-0.15, -0.1) is 0 Å². The highest BCUT2D eigenvalue weighted by atomic mass is 15.1. The molecule has 2 fully saturated rings. The summed E-state index contributed by atoms with van der Waals surface area (Å²) >= 11 is 0. The maximum absolute atomic E-state index is 2.75. The molecule has 0 radical (unpaired) electrons. The lowest BCUT2D eigenvalue weighted by Gasteiger charge is -2.23. The van der Waals surface area contributed by atoms with E-state index in [1.165, 1.54) is 71.0 Å². The van der Waals surface area contributed by atoms with Gasteiger partial charge in [0.05, 0.1) is 0 Å². The fourth-order valence-corrected chi connectivity index (χ4v) is 3.45. The van der Waals surface area contributed by atoms with Crippen LogP contribution < -0.4 is 0 Å². The molecule has 1 nitrogen and oxygen atoms in total. The van der Waals surface area contributed by atoms with Gasteiger partial charge in [-0.3, -0.25) is 0 Å².